The van der Waals surface area contributed by atoms with Crippen LogP contribution in [0.3, 0.4) is 0 Å². The molecule has 7 heteroatoms. The molecule has 4 rings (SSSR count). The molecule has 1 fully saturated rings. The fourth-order valence-corrected chi connectivity index (χ4v) is 4.49. The molecule has 0 saturated heterocycles. The van der Waals surface area contributed by atoms with E-state index in [4.69, 9.17) is 26.1 Å². The van der Waals surface area contributed by atoms with Crippen molar-refractivity contribution in [2.75, 3.05) is 13.2 Å². The first-order chi connectivity index (χ1) is 15.6. The van der Waals surface area contributed by atoms with Gasteiger partial charge in [0, 0.05) is 5.92 Å². The van der Waals surface area contributed by atoms with Gasteiger partial charge in [-0.2, -0.15) is 9.78 Å². The van der Waals surface area contributed by atoms with Crippen LogP contribution < -0.4 is 15.0 Å². The van der Waals surface area contributed by atoms with E-state index in [1.807, 2.05) is 38.1 Å². The maximum absolute atomic E-state index is 13.3. The van der Waals surface area contributed by atoms with E-state index in [0.717, 1.165) is 37.1 Å². The summed E-state index contributed by atoms with van der Waals surface area (Å²) in [6.45, 7) is 4.77. The number of halogens is 1. The molecular formula is C25H28ClN3O3. The van der Waals surface area contributed by atoms with Gasteiger partial charge >= 0.3 is 0 Å². The highest BCUT2D eigenvalue weighted by atomic mass is 35.5. The van der Waals surface area contributed by atoms with E-state index in [1.165, 1.54) is 11.1 Å². The number of aromatic nitrogens is 2. The third-order valence-electron chi connectivity index (χ3n) is 5.69. The first kappa shape index (κ1) is 22.3. The molecule has 1 aromatic heterocycles. The third-order valence-corrected chi connectivity index (χ3v) is 5.97. The van der Waals surface area contributed by atoms with Crippen molar-refractivity contribution in [2.24, 2.45) is 5.10 Å². The molecule has 1 saturated carbocycles. The van der Waals surface area contributed by atoms with Crippen LogP contribution in [-0.2, 0) is 0 Å². The van der Waals surface area contributed by atoms with Gasteiger partial charge in [-0.1, -0.05) is 43.0 Å². The van der Waals surface area contributed by atoms with Crippen molar-refractivity contribution in [1.82, 2.24) is 9.66 Å². The number of para-hydroxylation sites is 1. The van der Waals surface area contributed by atoms with Crippen molar-refractivity contribution in [3.05, 3.63) is 63.2 Å². The lowest BCUT2D eigenvalue weighted by Gasteiger charge is -2.22. The SMILES string of the molecule is CCOc1cc(C=Nn2c(C3CCCCC3)nc3ccccc3c2=O)cc(Cl)c1OCC. The van der Waals surface area contributed by atoms with Gasteiger partial charge < -0.3 is 9.47 Å². The lowest BCUT2D eigenvalue weighted by atomic mass is 9.88. The van der Waals surface area contributed by atoms with Crippen LogP contribution in [0.25, 0.3) is 10.9 Å². The van der Waals surface area contributed by atoms with E-state index >= 15 is 0 Å². The number of rotatable bonds is 7. The maximum Gasteiger partial charge on any atom is 0.282 e. The van der Waals surface area contributed by atoms with E-state index in [1.54, 1.807) is 18.3 Å². The molecule has 0 N–H and O–H groups in total. The summed E-state index contributed by atoms with van der Waals surface area (Å²) in [4.78, 5) is 18.2. The Labute approximate surface area is 192 Å². The van der Waals surface area contributed by atoms with Gasteiger partial charge in [-0.05, 0) is 56.5 Å². The zero-order valence-corrected chi connectivity index (χ0v) is 19.3. The van der Waals surface area contributed by atoms with Crippen LogP contribution in [0.2, 0.25) is 5.02 Å². The van der Waals surface area contributed by atoms with E-state index in [2.05, 4.69) is 5.10 Å². The summed E-state index contributed by atoms with van der Waals surface area (Å²) in [5, 5.41) is 5.58. The van der Waals surface area contributed by atoms with Gasteiger partial charge in [0.2, 0.25) is 0 Å². The van der Waals surface area contributed by atoms with Gasteiger partial charge in [-0.3, -0.25) is 4.79 Å². The topological polar surface area (TPSA) is 65.7 Å². The minimum absolute atomic E-state index is 0.158. The average Bonchev–Trinajstić information content (AvgIpc) is 2.81. The highest BCUT2D eigenvalue weighted by Crippen LogP contribution is 2.36. The second-order valence-electron chi connectivity index (χ2n) is 7.88. The summed E-state index contributed by atoms with van der Waals surface area (Å²) < 4.78 is 12.8. The molecule has 1 heterocycles. The summed E-state index contributed by atoms with van der Waals surface area (Å²) in [5.74, 6) is 2.02. The van der Waals surface area contributed by atoms with Gasteiger partial charge in [-0.15, -0.1) is 0 Å². The summed E-state index contributed by atoms with van der Waals surface area (Å²) >= 11 is 6.45. The van der Waals surface area contributed by atoms with Gasteiger partial charge in [0.05, 0.1) is 35.4 Å². The highest BCUT2D eigenvalue weighted by Gasteiger charge is 2.22. The van der Waals surface area contributed by atoms with Gasteiger partial charge in [-0.25, -0.2) is 4.98 Å². The fraction of sp³-hybridized carbons (Fsp3) is 0.400. The Balaban J connectivity index is 1.79. The van der Waals surface area contributed by atoms with Crippen LogP contribution in [0, 0.1) is 0 Å². The van der Waals surface area contributed by atoms with Crippen molar-refractivity contribution in [2.45, 2.75) is 51.9 Å². The second kappa shape index (κ2) is 10.2. The monoisotopic (exact) mass is 453 g/mol. The molecular weight excluding hydrogens is 426 g/mol. The van der Waals surface area contributed by atoms with Crippen molar-refractivity contribution in [3.8, 4) is 11.5 Å². The Kier molecular flexibility index (Phi) is 7.10. The summed E-state index contributed by atoms with van der Waals surface area (Å²) in [7, 11) is 0. The smallest absolute Gasteiger partial charge is 0.282 e. The Morgan fingerprint density at radius 1 is 1.12 bits per heavy atom. The lowest BCUT2D eigenvalue weighted by molar-refractivity contribution is 0.288. The molecule has 32 heavy (non-hydrogen) atoms. The fourth-order valence-electron chi connectivity index (χ4n) is 4.21. The van der Waals surface area contributed by atoms with Crippen molar-refractivity contribution in [3.63, 3.8) is 0 Å². The molecule has 0 aliphatic heterocycles. The van der Waals surface area contributed by atoms with Crippen molar-refractivity contribution >= 4 is 28.7 Å². The third kappa shape index (κ3) is 4.65. The van der Waals surface area contributed by atoms with Crippen molar-refractivity contribution < 1.29 is 9.47 Å². The van der Waals surface area contributed by atoms with E-state index in [0.29, 0.717) is 40.6 Å². The van der Waals surface area contributed by atoms with Crippen molar-refractivity contribution in [1.29, 1.82) is 0 Å². The molecule has 0 unspecified atom stereocenters. The molecule has 1 aliphatic carbocycles. The molecule has 1 aliphatic rings. The van der Waals surface area contributed by atoms with E-state index in [-0.39, 0.29) is 11.5 Å². The molecule has 168 valence electrons. The van der Waals surface area contributed by atoms with Crippen LogP contribution in [-0.4, -0.2) is 29.1 Å². The standard InChI is InChI=1S/C25H28ClN3O3/c1-3-31-22-15-17(14-20(26)23(22)32-4-2)16-27-29-24(18-10-6-5-7-11-18)28-21-13-9-8-12-19(21)25(29)30/h8-9,12-16,18H,3-7,10-11H2,1-2H3. The Morgan fingerprint density at radius 2 is 1.88 bits per heavy atom. The average molecular weight is 454 g/mol. The molecule has 0 atom stereocenters. The molecule has 0 amide bonds. The first-order valence-electron chi connectivity index (χ1n) is 11.3. The number of ether oxygens (including phenoxy) is 2. The van der Waals surface area contributed by atoms with E-state index in [9.17, 15) is 4.79 Å². The van der Waals surface area contributed by atoms with Gasteiger partial charge in [0.15, 0.2) is 11.5 Å². The maximum atomic E-state index is 13.3. The number of benzene rings is 2. The number of nitrogens with zero attached hydrogens (tertiary/aromatic N) is 3. The number of hydrogen-bond acceptors (Lipinski definition) is 5. The Hall–Kier alpha value is -2.86. The summed E-state index contributed by atoms with van der Waals surface area (Å²) in [5.41, 5.74) is 1.28. The minimum Gasteiger partial charge on any atom is -0.490 e. The van der Waals surface area contributed by atoms with Crippen LogP contribution in [0.1, 0.15) is 63.3 Å². The second-order valence-corrected chi connectivity index (χ2v) is 8.29. The predicted octanol–water partition coefficient (Wildman–Crippen LogP) is 5.78. The normalized spacial score (nSPS) is 14.8. The molecule has 6 nitrogen and oxygen atoms in total. The quantitative estimate of drug-likeness (QED) is 0.425. The number of fused-ring (bicyclic) bond motifs is 1. The lowest BCUT2D eigenvalue weighted by Crippen LogP contribution is -2.25. The highest BCUT2D eigenvalue weighted by molar-refractivity contribution is 6.32. The molecule has 0 bridgehead atoms. The van der Waals surface area contributed by atoms with Crippen LogP contribution in [0.5, 0.6) is 11.5 Å². The molecule has 0 spiro atoms. The zero-order chi connectivity index (χ0) is 22.5. The molecule has 3 aromatic rings. The predicted molar refractivity (Wildman–Crippen MR) is 129 cm³/mol. The van der Waals surface area contributed by atoms with E-state index < -0.39 is 0 Å². The molecule has 0 radical (unpaired) electrons. The zero-order valence-electron chi connectivity index (χ0n) is 18.5. The Bertz CT molecular complexity index is 1180. The Morgan fingerprint density at radius 3 is 2.62 bits per heavy atom. The van der Waals surface area contributed by atoms with Gasteiger partial charge in [0.1, 0.15) is 5.82 Å². The van der Waals surface area contributed by atoms with Crippen LogP contribution in [0.15, 0.2) is 46.3 Å². The number of hydrogen-bond donors (Lipinski definition) is 0. The van der Waals surface area contributed by atoms with Crippen LogP contribution in [0.4, 0.5) is 0 Å². The largest absolute Gasteiger partial charge is 0.490 e. The molecule has 2 aromatic carbocycles. The summed E-state index contributed by atoms with van der Waals surface area (Å²) in [6, 6.07) is 11.0. The minimum atomic E-state index is -0.158. The summed E-state index contributed by atoms with van der Waals surface area (Å²) in [6.07, 6.45) is 7.18. The van der Waals surface area contributed by atoms with Crippen LogP contribution >= 0.6 is 11.6 Å². The van der Waals surface area contributed by atoms with Gasteiger partial charge in [0.25, 0.3) is 5.56 Å². The first-order valence-corrected chi connectivity index (χ1v) is 11.6.